The lowest BCUT2D eigenvalue weighted by Gasteiger charge is -2.45. The summed E-state index contributed by atoms with van der Waals surface area (Å²) < 4.78 is 0. The first-order valence-electron chi connectivity index (χ1n) is 8.99. The van der Waals surface area contributed by atoms with Crippen LogP contribution in [-0.2, 0) is 0 Å². The van der Waals surface area contributed by atoms with Crippen molar-refractivity contribution in [2.45, 2.75) is 31.6 Å². The maximum atomic E-state index is 11.9. The number of fused-ring (bicyclic) bond motifs is 1. The van der Waals surface area contributed by atoms with E-state index in [-0.39, 0.29) is 6.03 Å². The Morgan fingerprint density at radius 2 is 1.54 bits per heavy atom. The van der Waals surface area contributed by atoms with E-state index in [4.69, 9.17) is 0 Å². The van der Waals surface area contributed by atoms with Gasteiger partial charge in [0.15, 0.2) is 0 Å². The predicted molar refractivity (Wildman–Crippen MR) is 96.4 cm³/mol. The molecule has 3 heteroatoms. The van der Waals surface area contributed by atoms with Gasteiger partial charge >= 0.3 is 6.03 Å². The highest BCUT2D eigenvalue weighted by atomic mass is 16.2. The Kier molecular flexibility index (Phi) is 4.01. The van der Waals surface area contributed by atoms with Gasteiger partial charge in [0.05, 0.1) is 0 Å². The summed E-state index contributed by atoms with van der Waals surface area (Å²) in [6, 6.07) is 17.6. The molecule has 2 aromatic rings. The van der Waals surface area contributed by atoms with Gasteiger partial charge in [-0.25, -0.2) is 4.79 Å². The zero-order valence-electron chi connectivity index (χ0n) is 14.1. The van der Waals surface area contributed by atoms with Crippen molar-refractivity contribution in [3.8, 4) is 0 Å². The van der Waals surface area contributed by atoms with Crippen LogP contribution in [0.25, 0.3) is 0 Å². The SMILES string of the molecule is CCCNC(=O)NCC1CC2c3ccccc3C1c1ccccc12. The van der Waals surface area contributed by atoms with Crippen molar-refractivity contribution >= 4 is 6.03 Å². The summed E-state index contributed by atoms with van der Waals surface area (Å²) in [7, 11) is 0. The van der Waals surface area contributed by atoms with Crippen LogP contribution in [0.2, 0.25) is 0 Å². The molecule has 0 saturated heterocycles. The number of urea groups is 1. The second kappa shape index (κ2) is 6.31. The Morgan fingerprint density at radius 1 is 0.958 bits per heavy atom. The third-order valence-electron chi connectivity index (χ3n) is 5.48. The summed E-state index contributed by atoms with van der Waals surface area (Å²) in [5.74, 6) is 1.33. The average molecular weight is 320 g/mol. The van der Waals surface area contributed by atoms with Gasteiger partial charge in [-0.1, -0.05) is 55.5 Å². The second-order valence-corrected chi connectivity index (χ2v) is 6.92. The van der Waals surface area contributed by atoms with Gasteiger partial charge in [0.2, 0.25) is 0 Å². The highest BCUT2D eigenvalue weighted by Crippen LogP contribution is 2.54. The van der Waals surface area contributed by atoms with Crippen LogP contribution in [0.4, 0.5) is 4.79 Å². The smallest absolute Gasteiger partial charge is 0.314 e. The van der Waals surface area contributed by atoms with Crippen molar-refractivity contribution in [3.63, 3.8) is 0 Å². The lowest BCUT2D eigenvalue weighted by Crippen LogP contribution is -2.43. The van der Waals surface area contributed by atoms with E-state index in [0.29, 0.717) is 17.8 Å². The van der Waals surface area contributed by atoms with Crippen LogP contribution in [0.5, 0.6) is 0 Å². The largest absolute Gasteiger partial charge is 0.338 e. The van der Waals surface area contributed by atoms with Gasteiger partial charge in [-0.2, -0.15) is 0 Å². The molecule has 1 atom stereocenters. The first-order chi connectivity index (χ1) is 11.8. The van der Waals surface area contributed by atoms with Gasteiger partial charge in [-0.15, -0.1) is 0 Å². The van der Waals surface area contributed by atoms with E-state index in [1.165, 1.54) is 22.3 Å². The summed E-state index contributed by atoms with van der Waals surface area (Å²) in [5.41, 5.74) is 5.86. The molecular formula is C21H24N2O. The molecule has 0 heterocycles. The van der Waals surface area contributed by atoms with Gasteiger partial charge in [0.1, 0.15) is 0 Å². The molecule has 2 bridgehead atoms. The van der Waals surface area contributed by atoms with Crippen LogP contribution >= 0.6 is 0 Å². The zero-order chi connectivity index (χ0) is 16.5. The standard InChI is InChI=1S/C21H24N2O/c1-2-11-22-21(24)23-13-14-12-19-15-7-3-5-9-17(15)20(14)18-10-6-4-8-16(18)19/h3-10,14,19-20H,2,11-13H2,1H3,(H2,22,23,24). The number of hydrogen-bond acceptors (Lipinski definition) is 1. The molecular weight excluding hydrogens is 296 g/mol. The molecule has 2 amide bonds. The molecule has 24 heavy (non-hydrogen) atoms. The number of hydrogen-bond donors (Lipinski definition) is 2. The minimum absolute atomic E-state index is 0.0418. The molecule has 0 aliphatic heterocycles. The average Bonchev–Trinajstić information content (AvgIpc) is 2.65. The summed E-state index contributed by atoms with van der Waals surface area (Å²) in [5, 5.41) is 5.99. The Balaban J connectivity index is 1.60. The van der Waals surface area contributed by atoms with Crippen LogP contribution < -0.4 is 10.6 Å². The van der Waals surface area contributed by atoms with E-state index in [1.807, 2.05) is 0 Å². The van der Waals surface area contributed by atoms with Gasteiger partial charge < -0.3 is 10.6 Å². The molecule has 1 unspecified atom stereocenters. The summed E-state index contributed by atoms with van der Waals surface area (Å²) in [6.45, 7) is 3.53. The molecule has 0 saturated carbocycles. The molecule has 0 spiro atoms. The molecule has 0 fully saturated rings. The molecule has 0 aromatic heterocycles. The first-order valence-corrected chi connectivity index (χ1v) is 8.99. The third-order valence-corrected chi connectivity index (χ3v) is 5.48. The Bertz CT molecular complexity index is 708. The van der Waals surface area contributed by atoms with Crippen molar-refractivity contribution in [1.29, 1.82) is 0 Å². The highest BCUT2D eigenvalue weighted by molar-refractivity contribution is 5.73. The third kappa shape index (κ3) is 2.48. The minimum atomic E-state index is -0.0418. The number of carbonyl (C=O) groups excluding carboxylic acids is 1. The van der Waals surface area contributed by atoms with E-state index in [9.17, 15) is 4.79 Å². The molecule has 2 aromatic carbocycles. The van der Waals surface area contributed by atoms with Crippen LogP contribution in [0.3, 0.4) is 0 Å². The van der Waals surface area contributed by atoms with Gasteiger partial charge in [-0.3, -0.25) is 0 Å². The fourth-order valence-electron chi connectivity index (χ4n) is 4.48. The highest BCUT2D eigenvalue weighted by Gasteiger charge is 2.42. The number of amides is 2. The minimum Gasteiger partial charge on any atom is -0.338 e. The topological polar surface area (TPSA) is 41.1 Å². The number of carbonyl (C=O) groups is 1. The maximum Gasteiger partial charge on any atom is 0.314 e. The van der Waals surface area contributed by atoms with E-state index in [2.05, 4.69) is 66.1 Å². The Hall–Kier alpha value is -2.29. The van der Waals surface area contributed by atoms with Crippen LogP contribution in [-0.4, -0.2) is 19.1 Å². The number of nitrogens with one attached hydrogen (secondary N) is 2. The van der Waals surface area contributed by atoms with E-state index >= 15 is 0 Å². The van der Waals surface area contributed by atoms with E-state index < -0.39 is 0 Å². The Labute approximate surface area is 143 Å². The summed E-state index contributed by atoms with van der Waals surface area (Å²) in [4.78, 5) is 11.9. The first kappa shape index (κ1) is 15.3. The normalized spacial score (nSPS) is 23.3. The zero-order valence-corrected chi connectivity index (χ0v) is 14.1. The lowest BCUT2D eigenvalue weighted by atomic mass is 9.59. The summed E-state index contributed by atoms with van der Waals surface area (Å²) >= 11 is 0. The fourth-order valence-corrected chi connectivity index (χ4v) is 4.48. The molecule has 3 aliphatic rings. The van der Waals surface area contributed by atoms with Crippen molar-refractivity contribution in [1.82, 2.24) is 10.6 Å². The van der Waals surface area contributed by atoms with Crippen molar-refractivity contribution < 1.29 is 4.79 Å². The number of benzene rings is 2. The number of rotatable bonds is 4. The summed E-state index contributed by atoms with van der Waals surface area (Å²) in [6.07, 6.45) is 2.08. The molecule has 2 N–H and O–H groups in total. The van der Waals surface area contributed by atoms with Crippen molar-refractivity contribution in [2.24, 2.45) is 5.92 Å². The van der Waals surface area contributed by atoms with Crippen LogP contribution in [0.1, 0.15) is 53.9 Å². The van der Waals surface area contributed by atoms with Gasteiger partial charge in [0.25, 0.3) is 0 Å². The molecule has 0 radical (unpaired) electrons. The second-order valence-electron chi connectivity index (χ2n) is 6.92. The van der Waals surface area contributed by atoms with Crippen molar-refractivity contribution in [2.75, 3.05) is 13.1 Å². The Morgan fingerprint density at radius 3 is 2.12 bits per heavy atom. The van der Waals surface area contributed by atoms with Crippen molar-refractivity contribution in [3.05, 3.63) is 70.8 Å². The predicted octanol–water partition coefficient (Wildman–Crippen LogP) is 3.99. The monoisotopic (exact) mass is 320 g/mol. The maximum absolute atomic E-state index is 11.9. The molecule has 124 valence electrons. The van der Waals surface area contributed by atoms with E-state index in [0.717, 1.165) is 25.9 Å². The lowest BCUT2D eigenvalue weighted by molar-refractivity contribution is 0.236. The van der Waals surface area contributed by atoms with E-state index in [1.54, 1.807) is 0 Å². The van der Waals surface area contributed by atoms with Crippen LogP contribution in [0.15, 0.2) is 48.5 Å². The van der Waals surface area contributed by atoms with Gasteiger partial charge in [-0.05, 0) is 41.0 Å². The molecule has 3 aliphatic carbocycles. The van der Waals surface area contributed by atoms with Crippen LogP contribution in [0, 0.1) is 5.92 Å². The molecule has 3 nitrogen and oxygen atoms in total. The molecule has 5 rings (SSSR count). The quantitative estimate of drug-likeness (QED) is 0.878. The fraction of sp³-hybridized carbons (Fsp3) is 0.381. The van der Waals surface area contributed by atoms with Gasteiger partial charge in [0, 0.05) is 24.9 Å².